The molecule has 4 heteroatoms. The van der Waals surface area contributed by atoms with Crippen LogP contribution in [0, 0.1) is 3.57 Å². The van der Waals surface area contributed by atoms with Crippen LogP contribution in [0.4, 0.5) is 0 Å². The Balaban J connectivity index is 2.46. The van der Waals surface area contributed by atoms with Crippen LogP contribution in [0.2, 0.25) is 0 Å². The van der Waals surface area contributed by atoms with E-state index in [0.717, 1.165) is 18.5 Å². The van der Waals surface area contributed by atoms with Crippen molar-refractivity contribution in [1.29, 1.82) is 0 Å². The third-order valence-corrected chi connectivity index (χ3v) is 4.15. The summed E-state index contributed by atoms with van der Waals surface area (Å²) in [5.41, 5.74) is 0.726. The molecule has 0 aliphatic rings. The Labute approximate surface area is 114 Å². The molecule has 0 bridgehead atoms. The molecule has 0 unspecified atom stereocenters. The SMILES string of the molecule is O=C(c1cccs1)c1cc(I)ccc1Br. The maximum absolute atomic E-state index is 12.1. The number of halogens is 2. The molecule has 1 nitrogen and oxygen atoms in total. The van der Waals surface area contributed by atoms with Gasteiger partial charge in [0.1, 0.15) is 0 Å². The average molecular weight is 393 g/mol. The van der Waals surface area contributed by atoms with E-state index in [1.807, 2.05) is 35.7 Å². The summed E-state index contributed by atoms with van der Waals surface area (Å²) in [6.07, 6.45) is 0. The van der Waals surface area contributed by atoms with Crippen LogP contribution >= 0.6 is 49.9 Å². The van der Waals surface area contributed by atoms with Gasteiger partial charge in [-0.1, -0.05) is 22.0 Å². The fourth-order valence-corrected chi connectivity index (χ4v) is 2.81. The lowest BCUT2D eigenvalue weighted by Gasteiger charge is -2.02. The molecule has 0 atom stereocenters. The number of carbonyl (C=O) groups is 1. The van der Waals surface area contributed by atoms with Crippen LogP contribution in [0.5, 0.6) is 0 Å². The van der Waals surface area contributed by atoms with Crippen LogP contribution in [0.3, 0.4) is 0 Å². The first-order valence-electron chi connectivity index (χ1n) is 4.22. The maximum Gasteiger partial charge on any atom is 0.204 e. The van der Waals surface area contributed by atoms with E-state index < -0.39 is 0 Å². The minimum Gasteiger partial charge on any atom is -0.288 e. The Hall–Kier alpha value is -0.200. The van der Waals surface area contributed by atoms with Crippen molar-refractivity contribution in [3.63, 3.8) is 0 Å². The molecule has 0 N–H and O–H groups in total. The van der Waals surface area contributed by atoms with Crippen molar-refractivity contribution in [2.75, 3.05) is 0 Å². The van der Waals surface area contributed by atoms with E-state index in [1.54, 1.807) is 0 Å². The van der Waals surface area contributed by atoms with Gasteiger partial charge in [0.25, 0.3) is 0 Å². The second kappa shape index (κ2) is 4.76. The lowest BCUT2D eigenvalue weighted by molar-refractivity contribution is 0.104. The summed E-state index contributed by atoms with van der Waals surface area (Å²) in [6, 6.07) is 9.50. The molecule has 1 aromatic carbocycles. The monoisotopic (exact) mass is 392 g/mol. The van der Waals surface area contributed by atoms with Crippen molar-refractivity contribution >= 4 is 55.6 Å². The van der Waals surface area contributed by atoms with Crippen LogP contribution in [0.15, 0.2) is 40.2 Å². The van der Waals surface area contributed by atoms with Gasteiger partial charge in [0.05, 0.1) is 4.88 Å². The largest absolute Gasteiger partial charge is 0.288 e. The van der Waals surface area contributed by atoms with E-state index in [9.17, 15) is 4.79 Å². The summed E-state index contributed by atoms with van der Waals surface area (Å²) in [6.45, 7) is 0. The quantitative estimate of drug-likeness (QED) is 0.548. The minimum atomic E-state index is 0.0791. The number of thiophene rings is 1. The first-order chi connectivity index (χ1) is 7.18. The second-order valence-corrected chi connectivity index (χ2v) is 5.98. The molecule has 0 aliphatic carbocycles. The van der Waals surface area contributed by atoms with Gasteiger partial charge in [-0.15, -0.1) is 11.3 Å². The molecule has 0 amide bonds. The Morgan fingerprint density at radius 3 is 2.80 bits per heavy atom. The summed E-state index contributed by atoms with van der Waals surface area (Å²) in [5.74, 6) is 0.0791. The number of hydrogen-bond acceptors (Lipinski definition) is 2. The molecular formula is C11H6BrIOS. The molecule has 1 aromatic heterocycles. The van der Waals surface area contributed by atoms with Gasteiger partial charge in [0.2, 0.25) is 5.78 Å². The zero-order chi connectivity index (χ0) is 10.8. The molecule has 2 rings (SSSR count). The van der Waals surface area contributed by atoms with Gasteiger partial charge in [-0.3, -0.25) is 4.79 Å². The van der Waals surface area contributed by atoms with Crippen LogP contribution < -0.4 is 0 Å². The van der Waals surface area contributed by atoms with E-state index in [4.69, 9.17) is 0 Å². The summed E-state index contributed by atoms with van der Waals surface area (Å²) >= 11 is 7.07. The fourth-order valence-electron chi connectivity index (χ4n) is 1.21. The van der Waals surface area contributed by atoms with Crippen LogP contribution in [-0.2, 0) is 0 Å². The first-order valence-corrected chi connectivity index (χ1v) is 6.97. The molecule has 0 radical (unpaired) electrons. The van der Waals surface area contributed by atoms with Crippen LogP contribution in [-0.4, -0.2) is 5.78 Å². The third-order valence-electron chi connectivity index (χ3n) is 1.92. The highest BCUT2D eigenvalue weighted by Gasteiger charge is 2.13. The Kier molecular flexibility index (Phi) is 3.58. The zero-order valence-corrected chi connectivity index (χ0v) is 12.1. The number of hydrogen-bond donors (Lipinski definition) is 0. The first kappa shape index (κ1) is 11.3. The Morgan fingerprint density at radius 1 is 1.33 bits per heavy atom. The van der Waals surface area contributed by atoms with Gasteiger partial charge >= 0.3 is 0 Å². The summed E-state index contributed by atoms with van der Waals surface area (Å²) in [5, 5.41) is 1.91. The van der Waals surface area contributed by atoms with E-state index in [2.05, 4.69) is 38.5 Å². The van der Waals surface area contributed by atoms with E-state index in [1.165, 1.54) is 11.3 Å². The third kappa shape index (κ3) is 2.49. The van der Waals surface area contributed by atoms with Crippen molar-refractivity contribution in [1.82, 2.24) is 0 Å². The smallest absolute Gasteiger partial charge is 0.204 e. The van der Waals surface area contributed by atoms with Gasteiger partial charge in [-0.2, -0.15) is 0 Å². The Morgan fingerprint density at radius 2 is 2.13 bits per heavy atom. The van der Waals surface area contributed by atoms with Gasteiger partial charge in [-0.25, -0.2) is 0 Å². The molecule has 0 fully saturated rings. The summed E-state index contributed by atoms with van der Waals surface area (Å²) in [7, 11) is 0. The van der Waals surface area contributed by atoms with Crippen LogP contribution in [0.25, 0.3) is 0 Å². The molecule has 0 spiro atoms. The van der Waals surface area contributed by atoms with E-state index in [0.29, 0.717) is 0 Å². The average Bonchev–Trinajstić information content (AvgIpc) is 2.74. The van der Waals surface area contributed by atoms with E-state index in [-0.39, 0.29) is 5.78 Å². The fraction of sp³-hybridized carbons (Fsp3) is 0. The second-order valence-electron chi connectivity index (χ2n) is 2.93. The van der Waals surface area contributed by atoms with Gasteiger partial charge in [-0.05, 0) is 52.2 Å². The molecule has 15 heavy (non-hydrogen) atoms. The molecule has 0 saturated carbocycles. The van der Waals surface area contributed by atoms with Gasteiger partial charge in [0.15, 0.2) is 0 Å². The molecular weight excluding hydrogens is 387 g/mol. The predicted molar refractivity (Wildman–Crippen MR) is 74.6 cm³/mol. The molecule has 76 valence electrons. The standard InChI is InChI=1S/C11H6BrIOS/c12-9-4-3-7(13)6-8(9)11(14)10-2-1-5-15-10/h1-6H. The highest BCUT2D eigenvalue weighted by molar-refractivity contribution is 14.1. The molecule has 2 aromatic rings. The van der Waals surface area contributed by atoms with Crippen molar-refractivity contribution in [2.24, 2.45) is 0 Å². The lowest BCUT2D eigenvalue weighted by Crippen LogP contribution is -2.00. The number of carbonyl (C=O) groups excluding carboxylic acids is 1. The van der Waals surface area contributed by atoms with Crippen molar-refractivity contribution in [3.8, 4) is 0 Å². The molecule has 0 aliphatic heterocycles. The normalized spacial score (nSPS) is 10.3. The van der Waals surface area contributed by atoms with Crippen molar-refractivity contribution in [3.05, 3.63) is 54.2 Å². The maximum atomic E-state index is 12.1. The zero-order valence-electron chi connectivity index (χ0n) is 7.54. The molecule has 1 heterocycles. The van der Waals surface area contributed by atoms with Crippen molar-refractivity contribution in [2.45, 2.75) is 0 Å². The predicted octanol–water partition coefficient (Wildman–Crippen LogP) is 4.35. The topological polar surface area (TPSA) is 17.1 Å². The summed E-state index contributed by atoms with van der Waals surface area (Å²) in [4.78, 5) is 12.8. The number of benzene rings is 1. The molecule has 0 saturated heterocycles. The summed E-state index contributed by atoms with van der Waals surface area (Å²) < 4.78 is 1.91. The number of ketones is 1. The highest BCUT2D eigenvalue weighted by atomic mass is 127. The highest BCUT2D eigenvalue weighted by Crippen LogP contribution is 2.24. The van der Waals surface area contributed by atoms with Gasteiger partial charge < -0.3 is 0 Å². The van der Waals surface area contributed by atoms with Gasteiger partial charge in [0, 0.05) is 13.6 Å². The minimum absolute atomic E-state index is 0.0791. The van der Waals surface area contributed by atoms with E-state index >= 15 is 0 Å². The lowest BCUT2D eigenvalue weighted by atomic mass is 10.1. The Bertz CT molecular complexity index is 493. The van der Waals surface area contributed by atoms with Crippen molar-refractivity contribution < 1.29 is 4.79 Å². The van der Waals surface area contributed by atoms with Crippen LogP contribution in [0.1, 0.15) is 15.2 Å². The number of rotatable bonds is 2.